The first-order chi connectivity index (χ1) is 15.2. The van der Waals surface area contributed by atoms with Gasteiger partial charge in [0.2, 0.25) is 17.3 Å². The number of carboxylic acids is 1. The lowest BCUT2D eigenvalue weighted by atomic mass is 9.96. The van der Waals surface area contributed by atoms with Gasteiger partial charge in [-0.2, -0.15) is 0 Å². The standard InChI is InChI=1S/C25H23NO6/c1-25(2,31)12-11-15-9-6-10-16-17(13-26-19(15)16)20(27)23-21(28)18(22(32-23)24(29)30)14-7-4-3-5-8-14/h3-10,13,26,28,31H,11-12H2,1-2H3,(H,29,30). The number of H-pyrrole nitrogens is 1. The molecule has 0 radical (unpaired) electrons. The molecule has 0 saturated carbocycles. The number of aromatic nitrogens is 1. The number of ketones is 1. The number of carbonyl (C=O) groups is 2. The van der Waals surface area contributed by atoms with E-state index in [1.54, 1.807) is 50.2 Å². The molecule has 0 saturated heterocycles. The van der Waals surface area contributed by atoms with Crippen LogP contribution < -0.4 is 0 Å². The molecule has 0 unspecified atom stereocenters. The largest absolute Gasteiger partial charge is 0.504 e. The first-order valence-corrected chi connectivity index (χ1v) is 10.2. The molecule has 7 heteroatoms. The quantitative estimate of drug-likeness (QED) is 0.311. The maximum absolute atomic E-state index is 13.3. The molecular weight excluding hydrogens is 410 g/mol. The van der Waals surface area contributed by atoms with Gasteiger partial charge in [-0.05, 0) is 37.8 Å². The summed E-state index contributed by atoms with van der Waals surface area (Å²) in [5, 5.41) is 31.0. The second-order valence-electron chi connectivity index (χ2n) is 8.34. The van der Waals surface area contributed by atoms with Crippen molar-refractivity contribution in [2.24, 2.45) is 0 Å². The number of carbonyl (C=O) groups excluding carboxylic acids is 1. The van der Waals surface area contributed by atoms with E-state index >= 15 is 0 Å². The molecule has 2 heterocycles. The van der Waals surface area contributed by atoms with Gasteiger partial charge in [-0.25, -0.2) is 4.79 Å². The predicted octanol–water partition coefficient (Wildman–Crippen LogP) is 4.77. The Morgan fingerprint density at radius 3 is 2.41 bits per heavy atom. The zero-order valence-electron chi connectivity index (χ0n) is 17.7. The number of aromatic amines is 1. The van der Waals surface area contributed by atoms with Crippen molar-refractivity contribution in [3.8, 4) is 16.9 Å². The highest BCUT2D eigenvalue weighted by atomic mass is 16.4. The summed E-state index contributed by atoms with van der Waals surface area (Å²) in [5.74, 6) is -3.44. The van der Waals surface area contributed by atoms with Gasteiger partial charge in [0.15, 0.2) is 5.75 Å². The highest BCUT2D eigenvalue weighted by Crippen LogP contribution is 2.40. The minimum atomic E-state index is -1.38. The molecule has 0 atom stereocenters. The molecule has 4 rings (SSSR count). The number of aliphatic hydroxyl groups is 1. The van der Waals surface area contributed by atoms with Crippen LogP contribution in [0.4, 0.5) is 0 Å². The van der Waals surface area contributed by atoms with Crippen LogP contribution in [0.2, 0.25) is 0 Å². The number of aromatic carboxylic acids is 1. The third kappa shape index (κ3) is 3.90. The number of hydrogen-bond acceptors (Lipinski definition) is 5. The number of benzene rings is 2. The molecule has 0 bridgehead atoms. The number of carboxylic acid groups (broad SMARTS) is 1. The van der Waals surface area contributed by atoms with E-state index in [-0.39, 0.29) is 11.1 Å². The molecule has 0 aliphatic rings. The van der Waals surface area contributed by atoms with Crippen molar-refractivity contribution in [1.29, 1.82) is 0 Å². The Kier molecular flexibility index (Phi) is 5.36. The maximum atomic E-state index is 13.3. The first kappa shape index (κ1) is 21.4. The van der Waals surface area contributed by atoms with E-state index in [0.29, 0.717) is 23.8 Å². The maximum Gasteiger partial charge on any atom is 0.372 e. The molecular formula is C25H23NO6. The zero-order chi connectivity index (χ0) is 23.0. The molecule has 0 spiro atoms. The average Bonchev–Trinajstić information content (AvgIpc) is 3.33. The van der Waals surface area contributed by atoms with Crippen LogP contribution in [0.1, 0.15) is 52.5 Å². The van der Waals surface area contributed by atoms with Gasteiger partial charge < -0.3 is 24.7 Å². The van der Waals surface area contributed by atoms with Crippen molar-refractivity contribution in [3.63, 3.8) is 0 Å². The fourth-order valence-electron chi connectivity index (χ4n) is 3.78. The Hall–Kier alpha value is -3.84. The molecule has 0 aliphatic carbocycles. The van der Waals surface area contributed by atoms with Crippen LogP contribution in [0.15, 0.2) is 59.1 Å². The fraction of sp³-hybridized carbons (Fsp3) is 0.200. The third-order valence-corrected chi connectivity index (χ3v) is 5.40. The Balaban J connectivity index is 1.78. The van der Waals surface area contributed by atoms with Gasteiger partial charge in [0.1, 0.15) is 0 Å². The highest BCUT2D eigenvalue weighted by molar-refractivity contribution is 6.18. The lowest BCUT2D eigenvalue weighted by molar-refractivity contribution is 0.0660. The molecule has 0 fully saturated rings. The van der Waals surface area contributed by atoms with Gasteiger partial charge in [0.25, 0.3) is 0 Å². The summed E-state index contributed by atoms with van der Waals surface area (Å²) in [5.41, 5.74) is 1.50. The lowest BCUT2D eigenvalue weighted by Gasteiger charge is -2.16. The molecule has 32 heavy (non-hydrogen) atoms. The van der Waals surface area contributed by atoms with Gasteiger partial charge in [0.05, 0.1) is 16.7 Å². The molecule has 4 N–H and O–H groups in total. The molecule has 0 amide bonds. The van der Waals surface area contributed by atoms with Crippen LogP contribution in [-0.4, -0.2) is 37.7 Å². The summed E-state index contributed by atoms with van der Waals surface area (Å²) in [7, 11) is 0. The van der Waals surface area contributed by atoms with Gasteiger partial charge >= 0.3 is 5.97 Å². The summed E-state index contributed by atoms with van der Waals surface area (Å²) in [6.07, 6.45) is 2.66. The van der Waals surface area contributed by atoms with Gasteiger partial charge in [-0.1, -0.05) is 48.5 Å². The Morgan fingerprint density at radius 2 is 1.75 bits per heavy atom. The van der Waals surface area contributed by atoms with E-state index in [9.17, 15) is 24.9 Å². The zero-order valence-corrected chi connectivity index (χ0v) is 17.7. The highest BCUT2D eigenvalue weighted by Gasteiger charge is 2.31. The summed E-state index contributed by atoms with van der Waals surface area (Å²) in [6, 6.07) is 13.9. The van der Waals surface area contributed by atoms with Gasteiger partial charge in [-0.3, -0.25) is 4.79 Å². The van der Waals surface area contributed by atoms with Crippen molar-refractivity contribution < 1.29 is 29.3 Å². The van der Waals surface area contributed by atoms with E-state index in [0.717, 1.165) is 11.1 Å². The molecule has 164 valence electrons. The molecule has 4 aromatic rings. The van der Waals surface area contributed by atoms with E-state index < -0.39 is 34.6 Å². The SMILES string of the molecule is CC(C)(O)CCc1cccc2c(C(=O)c3oc(C(=O)O)c(-c4ccccc4)c3O)c[nH]c12. The Morgan fingerprint density at radius 1 is 1.03 bits per heavy atom. The third-order valence-electron chi connectivity index (χ3n) is 5.40. The Bertz CT molecular complexity index is 1310. The number of furan rings is 1. The number of hydrogen-bond donors (Lipinski definition) is 4. The lowest BCUT2D eigenvalue weighted by Crippen LogP contribution is -2.19. The topological polar surface area (TPSA) is 124 Å². The molecule has 2 aromatic heterocycles. The van der Waals surface area contributed by atoms with Crippen molar-refractivity contribution in [1.82, 2.24) is 4.98 Å². The van der Waals surface area contributed by atoms with E-state index in [4.69, 9.17) is 4.42 Å². The normalized spacial score (nSPS) is 11.7. The fourth-order valence-corrected chi connectivity index (χ4v) is 3.78. The summed E-state index contributed by atoms with van der Waals surface area (Å²) in [4.78, 5) is 28.1. The van der Waals surface area contributed by atoms with Crippen LogP contribution in [0, 0.1) is 0 Å². The van der Waals surface area contributed by atoms with Crippen LogP contribution in [0.25, 0.3) is 22.0 Å². The number of para-hydroxylation sites is 1. The summed E-state index contributed by atoms with van der Waals surface area (Å²) in [6.45, 7) is 3.47. The first-order valence-electron chi connectivity index (χ1n) is 10.2. The molecule has 2 aromatic carbocycles. The van der Waals surface area contributed by atoms with Crippen molar-refractivity contribution in [2.75, 3.05) is 0 Å². The summed E-state index contributed by atoms with van der Waals surface area (Å²) >= 11 is 0. The minimum Gasteiger partial charge on any atom is -0.504 e. The monoisotopic (exact) mass is 433 g/mol. The average molecular weight is 433 g/mol. The number of aromatic hydroxyl groups is 1. The van der Waals surface area contributed by atoms with Crippen LogP contribution >= 0.6 is 0 Å². The van der Waals surface area contributed by atoms with Crippen molar-refractivity contribution >= 4 is 22.7 Å². The molecule has 0 aliphatic heterocycles. The number of aryl methyl sites for hydroxylation is 1. The predicted molar refractivity (Wildman–Crippen MR) is 119 cm³/mol. The van der Waals surface area contributed by atoms with Gasteiger partial charge in [-0.15, -0.1) is 0 Å². The number of rotatable bonds is 7. The summed E-state index contributed by atoms with van der Waals surface area (Å²) < 4.78 is 5.37. The van der Waals surface area contributed by atoms with E-state index in [1.165, 1.54) is 6.20 Å². The number of nitrogens with one attached hydrogen (secondary N) is 1. The number of fused-ring (bicyclic) bond motifs is 1. The van der Waals surface area contributed by atoms with E-state index in [1.807, 2.05) is 12.1 Å². The van der Waals surface area contributed by atoms with Crippen LogP contribution in [-0.2, 0) is 6.42 Å². The Labute approximate surface area is 183 Å². The van der Waals surface area contributed by atoms with Crippen LogP contribution in [0.3, 0.4) is 0 Å². The van der Waals surface area contributed by atoms with E-state index in [2.05, 4.69) is 4.98 Å². The minimum absolute atomic E-state index is 0.0350. The molecule has 7 nitrogen and oxygen atoms in total. The van der Waals surface area contributed by atoms with Crippen molar-refractivity contribution in [2.45, 2.75) is 32.3 Å². The van der Waals surface area contributed by atoms with Crippen molar-refractivity contribution in [3.05, 3.63) is 77.4 Å². The smallest absolute Gasteiger partial charge is 0.372 e. The van der Waals surface area contributed by atoms with Crippen LogP contribution in [0.5, 0.6) is 5.75 Å². The second kappa shape index (κ2) is 8.01. The van der Waals surface area contributed by atoms with Gasteiger partial charge in [0, 0.05) is 17.1 Å². The second-order valence-corrected chi connectivity index (χ2v) is 8.34.